The Labute approximate surface area is 135 Å². The van der Waals surface area contributed by atoms with Crippen LogP contribution in [0.5, 0.6) is 0 Å². The molecular weight excluding hydrogens is 338 g/mol. The van der Waals surface area contributed by atoms with E-state index in [1.165, 1.54) is 12.1 Å². The first kappa shape index (κ1) is 18.4. The van der Waals surface area contributed by atoms with Crippen LogP contribution in [-0.4, -0.2) is 20.5 Å². The van der Waals surface area contributed by atoms with Gasteiger partial charge in [-0.15, -0.1) is 0 Å². The Morgan fingerprint density at radius 3 is 2.38 bits per heavy atom. The quantitative estimate of drug-likeness (QED) is 0.769. The van der Waals surface area contributed by atoms with Crippen LogP contribution in [-0.2, 0) is 21.8 Å². The summed E-state index contributed by atoms with van der Waals surface area (Å²) in [5.41, 5.74) is 0.152. The maximum Gasteiger partial charge on any atom is 0.336 e. The molecular formula is C14H17Cl2FO3S. The Balaban J connectivity index is 3.71. The number of carboxylic acids is 1. The van der Waals surface area contributed by atoms with Gasteiger partial charge in [-0.25, -0.2) is 9.18 Å². The van der Waals surface area contributed by atoms with Gasteiger partial charge in [0.25, 0.3) is 4.59 Å². The van der Waals surface area contributed by atoms with Crippen LogP contribution >= 0.6 is 23.2 Å². The maximum atomic E-state index is 14.0. The highest BCUT2D eigenvalue weighted by Crippen LogP contribution is 2.41. The first-order valence-corrected chi connectivity index (χ1v) is 8.48. The van der Waals surface area contributed by atoms with Crippen LogP contribution in [0, 0.1) is 0 Å². The highest BCUT2D eigenvalue weighted by molar-refractivity contribution is 7.85. The van der Waals surface area contributed by atoms with E-state index in [0.717, 1.165) is 0 Å². The predicted molar refractivity (Wildman–Crippen MR) is 83.4 cm³/mol. The molecule has 0 saturated carbocycles. The molecule has 0 aliphatic carbocycles. The first-order chi connectivity index (χ1) is 9.65. The van der Waals surface area contributed by atoms with E-state index in [1.807, 2.05) is 6.92 Å². The molecule has 0 fully saturated rings. The van der Waals surface area contributed by atoms with Crippen LogP contribution in [0.2, 0.25) is 0 Å². The van der Waals surface area contributed by atoms with Crippen LogP contribution in [0.15, 0.2) is 17.0 Å². The number of aromatic carboxylic acids is 1. The zero-order valence-corrected chi connectivity index (χ0v) is 14.3. The summed E-state index contributed by atoms with van der Waals surface area (Å²) in [5, 5.41) is 8.96. The van der Waals surface area contributed by atoms with Crippen LogP contribution < -0.4 is 0 Å². The van der Waals surface area contributed by atoms with Crippen molar-refractivity contribution in [2.75, 3.05) is 0 Å². The second-order valence-corrected chi connectivity index (χ2v) is 7.68. The summed E-state index contributed by atoms with van der Waals surface area (Å²) in [6.07, 6.45) is 0.882. The zero-order valence-electron chi connectivity index (χ0n) is 12.0. The summed E-state index contributed by atoms with van der Waals surface area (Å²) in [6, 6.07) is 2.44. The molecule has 0 aliphatic heterocycles. The van der Waals surface area contributed by atoms with E-state index in [1.54, 1.807) is 13.8 Å². The number of benzene rings is 1. The Kier molecular flexibility index (Phi) is 6.20. The second kappa shape index (κ2) is 7.07. The monoisotopic (exact) mass is 354 g/mol. The van der Waals surface area contributed by atoms with Crippen molar-refractivity contribution in [3.05, 3.63) is 28.8 Å². The second-order valence-electron chi connectivity index (χ2n) is 4.64. The van der Waals surface area contributed by atoms with Crippen molar-refractivity contribution in [2.24, 2.45) is 0 Å². The Bertz CT molecular complexity index is 570. The third kappa shape index (κ3) is 3.96. The number of hydrogen-bond acceptors (Lipinski definition) is 2. The molecule has 0 amide bonds. The third-order valence-electron chi connectivity index (χ3n) is 3.29. The Morgan fingerprint density at radius 1 is 1.43 bits per heavy atom. The van der Waals surface area contributed by atoms with E-state index in [4.69, 9.17) is 23.2 Å². The lowest BCUT2D eigenvalue weighted by atomic mass is 10.0. The lowest BCUT2D eigenvalue weighted by Crippen LogP contribution is -2.19. The molecule has 1 aromatic carbocycles. The first-order valence-electron chi connectivity index (χ1n) is 6.52. The summed E-state index contributed by atoms with van der Waals surface area (Å²) in [5.74, 6) is -1.16. The summed E-state index contributed by atoms with van der Waals surface area (Å²) in [7, 11) is -1.60. The van der Waals surface area contributed by atoms with E-state index in [9.17, 15) is 18.5 Å². The minimum absolute atomic E-state index is 0.00881. The molecule has 1 rings (SSSR count). The lowest BCUT2D eigenvalue weighted by Gasteiger charge is -2.21. The molecule has 0 spiro atoms. The number of rotatable bonds is 6. The molecule has 0 bridgehead atoms. The largest absolute Gasteiger partial charge is 0.478 e. The van der Waals surface area contributed by atoms with Gasteiger partial charge >= 0.3 is 5.97 Å². The fourth-order valence-corrected chi connectivity index (χ4v) is 4.04. The molecule has 0 radical (unpaired) electrons. The van der Waals surface area contributed by atoms with E-state index in [-0.39, 0.29) is 27.7 Å². The molecule has 0 unspecified atom stereocenters. The molecule has 2 atom stereocenters. The molecule has 118 valence electrons. The van der Waals surface area contributed by atoms with Gasteiger partial charge in [0.15, 0.2) is 0 Å². The van der Waals surface area contributed by atoms with Crippen LogP contribution in [0.4, 0.5) is 4.39 Å². The van der Waals surface area contributed by atoms with Gasteiger partial charge in [-0.3, -0.25) is 4.21 Å². The third-order valence-corrected chi connectivity index (χ3v) is 5.63. The fraction of sp³-hybridized carbons (Fsp3) is 0.500. The molecule has 0 aromatic heterocycles. The molecule has 0 saturated heterocycles. The van der Waals surface area contributed by atoms with Crippen molar-refractivity contribution >= 4 is 40.0 Å². The van der Waals surface area contributed by atoms with Crippen molar-refractivity contribution < 1.29 is 18.5 Å². The standard InChI is InChI=1S/C14H17Cl2FO3S/c1-4-8(3)21(20)12-9(5-2)10(13(18)19)6-7-11(12)14(15,16)17/h6-8H,4-5H2,1-3H3,(H,18,19)/t8-,21+/m1/s1. The van der Waals surface area contributed by atoms with E-state index in [2.05, 4.69) is 0 Å². The highest BCUT2D eigenvalue weighted by atomic mass is 35.5. The minimum atomic E-state index is -2.72. The molecule has 0 heterocycles. The van der Waals surface area contributed by atoms with Crippen molar-refractivity contribution in [3.63, 3.8) is 0 Å². The van der Waals surface area contributed by atoms with E-state index in [0.29, 0.717) is 12.0 Å². The van der Waals surface area contributed by atoms with E-state index < -0.39 is 21.4 Å². The molecule has 1 N–H and O–H groups in total. The Morgan fingerprint density at radius 2 is 2.00 bits per heavy atom. The summed E-state index contributed by atoms with van der Waals surface area (Å²) < 4.78 is 23.9. The molecule has 0 aliphatic rings. The number of hydrogen-bond donors (Lipinski definition) is 1. The summed E-state index contributed by atoms with van der Waals surface area (Å²) in [6.45, 7) is 5.30. The van der Waals surface area contributed by atoms with Crippen molar-refractivity contribution in [1.82, 2.24) is 0 Å². The molecule has 21 heavy (non-hydrogen) atoms. The number of carbonyl (C=O) groups is 1. The van der Waals surface area contributed by atoms with Crippen LogP contribution in [0.3, 0.4) is 0 Å². The van der Waals surface area contributed by atoms with Gasteiger partial charge in [0.1, 0.15) is 0 Å². The van der Waals surface area contributed by atoms with Crippen LogP contribution in [0.1, 0.15) is 48.7 Å². The predicted octanol–water partition coefficient (Wildman–Crippen LogP) is 4.41. The average molecular weight is 355 g/mol. The van der Waals surface area contributed by atoms with Gasteiger partial charge < -0.3 is 5.11 Å². The van der Waals surface area contributed by atoms with Gasteiger partial charge in [0, 0.05) is 10.8 Å². The minimum Gasteiger partial charge on any atom is -0.478 e. The molecule has 3 nitrogen and oxygen atoms in total. The number of halogens is 3. The SMILES string of the molecule is CCc1c(C(=O)O)ccc(C(F)(Cl)Cl)c1[S@@](=O)[C@H](C)CC. The maximum absolute atomic E-state index is 14.0. The molecule has 7 heteroatoms. The van der Waals surface area contributed by atoms with Gasteiger partial charge in [-0.1, -0.05) is 50.0 Å². The molecule has 1 aromatic rings. The van der Waals surface area contributed by atoms with Crippen molar-refractivity contribution in [2.45, 2.75) is 48.3 Å². The number of alkyl halides is 3. The normalized spacial score (nSPS) is 14.8. The van der Waals surface area contributed by atoms with E-state index >= 15 is 0 Å². The number of carboxylic acid groups (broad SMARTS) is 1. The lowest BCUT2D eigenvalue weighted by molar-refractivity contribution is 0.0695. The van der Waals surface area contributed by atoms with Crippen molar-refractivity contribution in [3.8, 4) is 0 Å². The van der Waals surface area contributed by atoms with Crippen molar-refractivity contribution in [1.29, 1.82) is 0 Å². The van der Waals surface area contributed by atoms with Gasteiger partial charge in [-0.2, -0.15) is 0 Å². The smallest absolute Gasteiger partial charge is 0.336 e. The fourth-order valence-electron chi connectivity index (χ4n) is 1.98. The average Bonchev–Trinajstić information content (AvgIpc) is 2.42. The van der Waals surface area contributed by atoms with Gasteiger partial charge in [-0.05, 0) is 24.5 Å². The summed E-state index contributed by atoms with van der Waals surface area (Å²) >= 11 is 11.1. The zero-order chi connectivity index (χ0) is 16.4. The van der Waals surface area contributed by atoms with Gasteiger partial charge in [0.05, 0.1) is 21.3 Å². The van der Waals surface area contributed by atoms with Crippen LogP contribution in [0.25, 0.3) is 0 Å². The highest BCUT2D eigenvalue weighted by Gasteiger charge is 2.34. The topological polar surface area (TPSA) is 54.4 Å². The summed E-state index contributed by atoms with van der Waals surface area (Å²) in [4.78, 5) is 11.4. The Hall–Kier alpha value is -0.650. The van der Waals surface area contributed by atoms with Gasteiger partial charge in [0.2, 0.25) is 0 Å².